The molecule has 6 heterocycles. The van der Waals surface area contributed by atoms with Crippen LogP contribution in [0.25, 0.3) is 121 Å². The molecule has 1 aliphatic carbocycles. The number of rotatable bonds is 5. The van der Waals surface area contributed by atoms with E-state index in [1.165, 1.54) is 37.8 Å². The molecule has 0 atom stereocenters. The maximum Gasteiger partial charge on any atom is 0.188 e. The monoisotopic (exact) mass is 1050 g/mol. The van der Waals surface area contributed by atoms with Crippen molar-refractivity contribution in [3.05, 3.63) is 288 Å². The molecule has 1 aliphatic heterocycles. The Morgan fingerprint density at radius 1 is 0.407 bits per heavy atom. The Bertz CT molecular complexity index is 5200. The van der Waals surface area contributed by atoms with Crippen LogP contribution in [-0.4, -0.2) is 23.7 Å². The van der Waals surface area contributed by atoms with Crippen LogP contribution in [0, 0.1) is 17.9 Å². The van der Waals surface area contributed by atoms with E-state index in [9.17, 15) is 5.26 Å². The van der Waals surface area contributed by atoms with Crippen molar-refractivity contribution in [3.8, 4) is 56.8 Å². The van der Waals surface area contributed by atoms with Crippen LogP contribution in [-0.2, 0) is 5.41 Å². The number of benzene rings is 10. The molecular formula is C73H41N7S. The van der Waals surface area contributed by atoms with Gasteiger partial charge in [-0.25, -0.2) is 4.85 Å². The van der Waals surface area contributed by atoms with Crippen molar-refractivity contribution in [1.82, 2.24) is 23.7 Å². The molecule has 1 spiro atoms. The first-order chi connectivity index (χ1) is 40.1. The number of aromatic nitrogens is 5. The lowest BCUT2D eigenvalue weighted by molar-refractivity contribution is 0.720. The van der Waals surface area contributed by atoms with Gasteiger partial charge in [-0.3, -0.25) is 9.97 Å². The van der Waals surface area contributed by atoms with E-state index in [2.05, 4.69) is 231 Å². The molecule has 0 amide bonds. The highest BCUT2D eigenvalue weighted by molar-refractivity contribution is 7.99. The van der Waals surface area contributed by atoms with Crippen LogP contribution >= 0.6 is 11.8 Å². The Labute approximate surface area is 469 Å². The Hall–Kier alpha value is -10.8. The molecule has 0 unspecified atom stereocenters. The molecule has 0 fully saturated rings. The molecule has 8 heteroatoms. The predicted octanol–water partition coefficient (Wildman–Crippen LogP) is 18.4. The van der Waals surface area contributed by atoms with Gasteiger partial charge in [-0.2, -0.15) is 5.26 Å². The van der Waals surface area contributed by atoms with E-state index >= 15 is 0 Å². The van der Waals surface area contributed by atoms with E-state index < -0.39 is 5.41 Å². The van der Waals surface area contributed by atoms with Gasteiger partial charge in [0.2, 0.25) is 0 Å². The highest BCUT2D eigenvalue weighted by Gasteiger charge is 2.52. The standard InChI is InChI=1S/C73H41N7S/c1-75-48-26-34-68-58(42-48)57-40-47(24-33-67(57)80(68)51-29-27-50(28-30-51)79-63-20-7-5-14-53(63)54-15-6-8-21-64(54)79)52-16-9-17-61-72(52)81-69-35-25-46(41-62(69)73(61)59-18-10-36-76-70(59)71-60(73)19-11-37-77-71)45-23-32-66-56(39-45)55-38-44(43-74)22-31-65(55)78(66)49-12-3-2-4-13-49/h2-42H. The number of hydrogen-bond donors (Lipinski definition) is 0. The molecule has 81 heavy (non-hydrogen) atoms. The van der Waals surface area contributed by atoms with Crippen LogP contribution in [0.3, 0.4) is 0 Å². The largest absolute Gasteiger partial charge is 0.309 e. The zero-order chi connectivity index (χ0) is 53.5. The molecular weight excluding hydrogens is 1010 g/mol. The summed E-state index contributed by atoms with van der Waals surface area (Å²) in [6.45, 7) is 8.09. The fourth-order valence-corrected chi connectivity index (χ4v) is 14.9. The Kier molecular flexibility index (Phi) is 9.56. The topological polar surface area (TPSA) is 68.7 Å². The lowest BCUT2D eigenvalue weighted by Gasteiger charge is -2.40. The SMILES string of the molecule is [C-]#[N+]c1ccc2c(c1)c1cc(-c3cccc4c3Sc3ccc(-c5ccc6c(c5)c5cc(C#N)ccc5n6-c5ccccc5)cc3C43c4cccnc4-c4ncccc43)ccc1n2-c1ccc(-n2c3ccccc3c3ccccc32)cc1. The lowest BCUT2D eigenvalue weighted by atomic mass is 9.67. The summed E-state index contributed by atoms with van der Waals surface area (Å²) in [4.78, 5) is 16.4. The Morgan fingerprint density at radius 3 is 1.56 bits per heavy atom. The summed E-state index contributed by atoms with van der Waals surface area (Å²) in [6.07, 6.45) is 3.76. The summed E-state index contributed by atoms with van der Waals surface area (Å²) < 4.78 is 6.98. The van der Waals surface area contributed by atoms with E-state index in [1.54, 1.807) is 0 Å². The van der Waals surface area contributed by atoms with Crippen molar-refractivity contribution in [2.45, 2.75) is 15.2 Å². The van der Waals surface area contributed by atoms with Gasteiger partial charge in [-0.15, -0.1) is 0 Å². The molecule has 0 bridgehead atoms. The zero-order valence-corrected chi connectivity index (χ0v) is 44.0. The van der Waals surface area contributed by atoms with E-state index in [1.807, 2.05) is 54.5 Å². The van der Waals surface area contributed by atoms with Crippen LogP contribution < -0.4 is 0 Å². The number of nitriles is 1. The highest BCUT2D eigenvalue weighted by Crippen LogP contribution is 2.63. The van der Waals surface area contributed by atoms with Crippen molar-refractivity contribution in [2.24, 2.45) is 0 Å². The minimum Gasteiger partial charge on any atom is -0.309 e. The van der Waals surface area contributed by atoms with E-state index in [4.69, 9.17) is 16.5 Å². The molecule has 0 N–H and O–H groups in total. The van der Waals surface area contributed by atoms with Crippen molar-refractivity contribution in [1.29, 1.82) is 5.26 Å². The molecule has 15 aromatic rings. The molecule has 17 rings (SSSR count). The van der Waals surface area contributed by atoms with Crippen LogP contribution in [0.5, 0.6) is 0 Å². The normalized spacial score (nSPS) is 13.0. The summed E-state index contributed by atoms with van der Waals surface area (Å²) in [5, 5.41) is 16.8. The Morgan fingerprint density at radius 2 is 0.914 bits per heavy atom. The highest BCUT2D eigenvalue weighted by atomic mass is 32.2. The average molecular weight is 1050 g/mol. The van der Waals surface area contributed by atoms with Gasteiger partial charge >= 0.3 is 0 Å². The number of nitrogens with zero attached hydrogens (tertiary/aromatic N) is 7. The zero-order valence-electron chi connectivity index (χ0n) is 43.2. The third-order valence-corrected chi connectivity index (χ3v) is 18.3. The molecule has 5 aromatic heterocycles. The number of hydrogen-bond acceptors (Lipinski definition) is 4. The molecule has 0 saturated carbocycles. The second-order valence-corrected chi connectivity index (χ2v) is 22.1. The van der Waals surface area contributed by atoms with E-state index in [0.29, 0.717) is 11.3 Å². The molecule has 10 aromatic carbocycles. The van der Waals surface area contributed by atoms with Gasteiger partial charge < -0.3 is 13.7 Å². The molecule has 0 radical (unpaired) electrons. The molecule has 374 valence electrons. The smallest absolute Gasteiger partial charge is 0.188 e. The summed E-state index contributed by atoms with van der Waals surface area (Å²) >= 11 is 1.82. The van der Waals surface area contributed by atoms with Gasteiger partial charge in [-0.1, -0.05) is 121 Å². The van der Waals surface area contributed by atoms with Gasteiger partial charge in [0.15, 0.2) is 5.69 Å². The fraction of sp³-hybridized carbons (Fsp3) is 0.0137. The lowest BCUT2D eigenvalue weighted by Crippen LogP contribution is -2.32. The summed E-state index contributed by atoms with van der Waals surface area (Å²) in [5.41, 5.74) is 21.1. The van der Waals surface area contributed by atoms with Crippen LogP contribution in [0.4, 0.5) is 5.69 Å². The molecule has 7 nitrogen and oxygen atoms in total. The van der Waals surface area contributed by atoms with Gasteiger partial charge in [0.25, 0.3) is 0 Å². The third-order valence-electron chi connectivity index (χ3n) is 17.0. The van der Waals surface area contributed by atoms with Crippen molar-refractivity contribution in [2.75, 3.05) is 0 Å². The second-order valence-electron chi connectivity index (χ2n) is 21.1. The molecule has 0 saturated heterocycles. The quantitative estimate of drug-likeness (QED) is 0.161. The number of para-hydroxylation sites is 3. The summed E-state index contributed by atoms with van der Waals surface area (Å²) in [5.74, 6) is 0. The van der Waals surface area contributed by atoms with Gasteiger partial charge in [0, 0.05) is 66.2 Å². The second kappa shape index (κ2) is 17.1. The summed E-state index contributed by atoms with van der Waals surface area (Å²) in [6, 6.07) is 87.0. The number of fused-ring (bicyclic) bond motifs is 18. The van der Waals surface area contributed by atoms with Crippen molar-refractivity contribution >= 4 is 82.9 Å². The third kappa shape index (κ3) is 6.34. The van der Waals surface area contributed by atoms with E-state index in [0.717, 1.165) is 110 Å². The first-order valence-corrected chi connectivity index (χ1v) is 27.9. The Balaban J connectivity index is 0.836. The van der Waals surface area contributed by atoms with Gasteiger partial charge in [0.1, 0.15) is 0 Å². The van der Waals surface area contributed by atoms with Crippen molar-refractivity contribution < 1.29 is 0 Å². The molecule has 2 aliphatic rings. The van der Waals surface area contributed by atoms with Crippen LogP contribution in [0.1, 0.15) is 27.8 Å². The van der Waals surface area contributed by atoms with Gasteiger partial charge in [0.05, 0.1) is 68.1 Å². The maximum atomic E-state index is 10.1. The van der Waals surface area contributed by atoms with Crippen LogP contribution in [0.15, 0.2) is 259 Å². The van der Waals surface area contributed by atoms with Crippen LogP contribution in [0.2, 0.25) is 0 Å². The predicted molar refractivity (Wildman–Crippen MR) is 328 cm³/mol. The number of pyridine rings is 2. The minimum absolute atomic E-state index is 0.604. The first-order valence-electron chi connectivity index (χ1n) is 27.0. The van der Waals surface area contributed by atoms with Crippen molar-refractivity contribution in [3.63, 3.8) is 0 Å². The fourth-order valence-electron chi connectivity index (χ4n) is 13.6. The average Bonchev–Trinajstić information content (AvgIpc) is 4.09. The first kappa shape index (κ1) is 45.3. The van der Waals surface area contributed by atoms with Gasteiger partial charge in [-0.05, 0) is 177 Å². The van der Waals surface area contributed by atoms with E-state index in [-0.39, 0.29) is 0 Å². The summed E-state index contributed by atoms with van der Waals surface area (Å²) in [7, 11) is 0. The minimum atomic E-state index is -0.750. The maximum absolute atomic E-state index is 10.1.